The Balaban J connectivity index is 2.74. The van der Waals surface area contributed by atoms with Crippen molar-refractivity contribution in [3.05, 3.63) is 34.1 Å². The third kappa shape index (κ3) is 3.58. The summed E-state index contributed by atoms with van der Waals surface area (Å²) < 4.78 is 13.7. The first-order valence-electron chi connectivity index (χ1n) is 5.22. The Kier molecular flexibility index (Phi) is 5.26. The molecule has 1 rings (SSSR count). The quantitative estimate of drug-likeness (QED) is 0.871. The molecule has 84 valence electrons. The third-order valence-electron chi connectivity index (χ3n) is 2.50. The summed E-state index contributed by atoms with van der Waals surface area (Å²) in [5.41, 5.74) is 0.933. The maximum absolute atomic E-state index is 13.2. The van der Waals surface area contributed by atoms with E-state index in [1.54, 1.807) is 6.07 Å². The molecule has 1 aromatic rings. The third-order valence-corrected chi connectivity index (χ3v) is 3.38. The smallest absolute Gasteiger partial charge is 0.137 e. The van der Waals surface area contributed by atoms with Crippen molar-refractivity contribution < 1.29 is 9.50 Å². The topological polar surface area (TPSA) is 20.2 Å². The molecule has 1 N–H and O–H groups in total. The van der Waals surface area contributed by atoms with Crippen LogP contribution in [0, 0.1) is 11.7 Å². The van der Waals surface area contributed by atoms with Crippen molar-refractivity contribution in [2.45, 2.75) is 26.2 Å². The molecular formula is C12H16BrFO. The van der Waals surface area contributed by atoms with Gasteiger partial charge in [0.05, 0.1) is 4.47 Å². The number of rotatable bonds is 5. The number of hydrogen-bond acceptors (Lipinski definition) is 1. The molecule has 15 heavy (non-hydrogen) atoms. The van der Waals surface area contributed by atoms with Gasteiger partial charge in [0.25, 0.3) is 0 Å². The minimum atomic E-state index is -0.235. The van der Waals surface area contributed by atoms with Crippen LogP contribution in [0.1, 0.15) is 25.3 Å². The standard InChI is InChI=1S/C12H16BrFO/c1-2-4-9(8-15)7-10-5-3-6-11(14)12(10)13/h3,5-6,9,15H,2,4,7-8H2,1H3. The minimum Gasteiger partial charge on any atom is -0.396 e. The van der Waals surface area contributed by atoms with E-state index in [-0.39, 0.29) is 18.3 Å². The Hall–Kier alpha value is -0.410. The Bertz CT molecular complexity index is 314. The molecule has 0 aliphatic rings. The predicted molar refractivity (Wildman–Crippen MR) is 63.3 cm³/mol. The van der Waals surface area contributed by atoms with Gasteiger partial charge in [-0.2, -0.15) is 0 Å². The van der Waals surface area contributed by atoms with E-state index >= 15 is 0 Å². The molecule has 1 unspecified atom stereocenters. The van der Waals surface area contributed by atoms with Gasteiger partial charge in [-0.25, -0.2) is 4.39 Å². The molecule has 0 aromatic heterocycles. The van der Waals surface area contributed by atoms with Gasteiger partial charge in [0, 0.05) is 6.61 Å². The van der Waals surface area contributed by atoms with E-state index in [0.29, 0.717) is 4.47 Å². The van der Waals surface area contributed by atoms with E-state index in [1.807, 2.05) is 6.07 Å². The average Bonchev–Trinajstić information content (AvgIpc) is 2.24. The summed E-state index contributed by atoms with van der Waals surface area (Å²) in [7, 11) is 0. The van der Waals surface area contributed by atoms with Crippen LogP contribution in [-0.4, -0.2) is 11.7 Å². The van der Waals surface area contributed by atoms with E-state index in [9.17, 15) is 4.39 Å². The average molecular weight is 275 g/mol. The van der Waals surface area contributed by atoms with Crippen LogP contribution in [0.2, 0.25) is 0 Å². The molecule has 0 spiro atoms. The van der Waals surface area contributed by atoms with E-state index in [1.165, 1.54) is 6.07 Å². The second-order valence-corrected chi connectivity index (χ2v) is 4.55. The fourth-order valence-corrected chi connectivity index (χ4v) is 2.11. The highest BCUT2D eigenvalue weighted by atomic mass is 79.9. The number of aliphatic hydroxyl groups is 1. The number of benzene rings is 1. The first-order chi connectivity index (χ1) is 7.19. The summed E-state index contributed by atoms with van der Waals surface area (Å²) in [6.07, 6.45) is 2.74. The van der Waals surface area contributed by atoms with Crippen molar-refractivity contribution in [1.82, 2.24) is 0 Å². The normalized spacial score (nSPS) is 12.8. The van der Waals surface area contributed by atoms with Crippen molar-refractivity contribution in [2.24, 2.45) is 5.92 Å². The molecule has 3 heteroatoms. The fourth-order valence-electron chi connectivity index (χ4n) is 1.68. The summed E-state index contributed by atoms with van der Waals surface area (Å²) in [6.45, 7) is 2.25. The van der Waals surface area contributed by atoms with Crippen LogP contribution in [0.25, 0.3) is 0 Å². The molecule has 0 heterocycles. The van der Waals surface area contributed by atoms with Gasteiger partial charge in [-0.3, -0.25) is 0 Å². The molecule has 1 atom stereocenters. The molecule has 0 saturated carbocycles. The molecule has 0 fully saturated rings. The summed E-state index contributed by atoms with van der Waals surface area (Å²) in [5, 5.41) is 9.17. The lowest BCUT2D eigenvalue weighted by molar-refractivity contribution is 0.217. The van der Waals surface area contributed by atoms with Crippen molar-refractivity contribution in [1.29, 1.82) is 0 Å². The van der Waals surface area contributed by atoms with Crippen molar-refractivity contribution >= 4 is 15.9 Å². The lowest BCUT2D eigenvalue weighted by Crippen LogP contribution is -2.09. The minimum absolute atomic E-state index is 0.163. The maximum atomic E-state index is 13.2. The van der Waals surface area contributed by atoms with E-state index < -0.39 is 0 Å². The zero-order chi connectivity index (χ0) is 11.3. The lowest BCUT2D eigenvalue weighted by atomic mass is 9.96. The highest BCUT2D eigenvalue weighted by Crippen LogP contribution is 2.24. The summed E-state index contributed by atoms with van der Waals surface area (Å²) >= 11 is 3.23. The predicted octanol–water partition coefficient (Wildman–Crippen LogP) is 3.54. The Morgan fingerprint density at radius 1 is 1.47 bits per heavy atom. The molecule has 0 bridgehead atoms. The summed E-state index contributed by atoms with van der Waals surface area (Å²) in [4.78, 5) is 0. The highest BCUT2D eigenvalue weighted by molar-refractivity contribution is 9.10. The van der Waals surface area contributed by atoms with Crippen molar-refractivity contribution in [2.75, 3.05) is 6.61 Å². The van der Waals surface area contributed by atoms with Crippen LogP contribution in [-0.2, 0) is 6.42 Å². The SMILES string of the molecule is CCCC(CO)Cc1cccc(F)c1Br. The molecule has 0 aliphatic carbocycles. The Labute approximate surface area is 98.4 Å². The fraction of sp³-hybridized carbons (Fsp3) is 0.500. The van der Waals surface area contributed by atoms with Crippen LogP contribution in [0.4, 0.5) is 4.39 Å². The van der Waals surface area contributed by atoms with Gasteiger partial charge in [-0.1, -0.05) is 25.5 Å². The Morgan fingerprint density at radius 3 is 2.80 bits per heavy atom. The van der Waals surface area contributed by atoms with E-state index in [4.69, 9.17) is 5.11 Å². The number of aliphatic hydroxyl groups excluding tert-OH is 1. The van der Waals surface area contributed by atoms with E-state index in [0.717, 1.165) is 24.8 Å². The summed E-state index contributed by atoms with van der Waals surface area (Å²) in [6, 6.07) is 5.03. The van der Waals surface area contributed by atoms with Crippen LogP contribution in [0.3, 0.4) is 0 Å². The van der Waals surface area contributed by atoms with E-state index in [2.05, 4.69) is 22.9 Å². The van der Waals surface area contributed by atoms with Gasteiger partial charge in [-0.15, -0.1) is 0 Å². The zero-order valence-electron chi connectivity index (χ0n) is 8.84. The lowest BCUT2D eigenvalue weighted by Gasteiger charge is -2.14. The molecule has 0 saturated heterocycles. The molecular weight excluding hydrogens is 259 g/mol. The first-order valence-corrected chi connectivity index (χ1v) is 6.02. The second-order valence-electron chi connectivity index (χ2n) is 3.75. The van der Waals surface area contributed by atoms with Gasteiger partial charge >= 0.3 is 0 Å². The maximum Gasteiger partial charge on any atom is 0.137 e. The number of halogens is 2. The van der Waals surface area contributed by atoms with Crippen LogP contribution >= 0.6 is 15.9 Å². The van der Waals surface area contributed by atoms with Gasteiger partial charge in [-0.05, 0) is 46.3 Å². The highest BCUT2D eigenvalue weighted by Gasteiger charge is 2.11. The molecule has 1 aromatic carbocycles. The van der Waals surface area contributed by atoms with Crippen LogP contribution < -0.4 is 0 Å². The molecule has 0 radical (unpaired) electrons. The molecule has 0 amide bonds. The second kappa shape index (κ2) is 6.23. The van der Waals surface area contributed by atoms with Gasteiger partial charge in [0.15, 0.2) is 0 Å². The Morgan fingerprint density at radius 2 is 2.20 bits per heavy atom. The van der Waals surface area contributed by atoms with Crippen molar-refractivity contribution in [3.63, 3.8) is 0 Å². The van der Waals surface area contributed by atoms with Crippen LogP contribution in [0.5, 0.6) is 0 Å². The monoisotopic (exact) mass is 274 g/mol. The number of hydrogen-bond donors (Lipinski definition) is 1. The van der Waals surface area contributed by atoms with Crippen LogP contribution in [0.15, 0.2) is 22.7 Å². The largest absolute Gasteiger partial charge is 0.396 e. The zero-order valence-corrected chi connectivity index (χ0v) is 10.4. The van der Waals surface area contributed by atoms with Crippen molar-refractivity contribution in [3.8, 4) is 0 Å². The summed E-state index contributed by atoms with van der Waals surface area (Å²) in [5.74, 6) is -0.00575. The van der Waals surface area contributed by atoms with Gasteiger partial charge < -0.3 is 5.11 Å². The van der Waals surface area contributed by atoms with Gasteiger partial charge in [0.1, 0.15) is 5.82 Å². The van der Waals surface area contributed by atoms with Gasteiger partial charge in [0.2, 0.25) is 0 Å². The molecule has 1 nitrogen and oxygen atoms in total. The molecule has 0 aliphatic heterocycles. The first kappa shape index (κ1) is 12.7.